The number of aromatic nitrogens is 4. The third-order valence-corrected chi connectivity index (χ3v) is 5.19. The number of ether oxygens (including phenoxy) is 1. The van der Waals surface area contributed by atoms with Crippen molar-refractivity contribution in [2.45, 2.75) is 53.0 Å². The number of amides is 1. The van der Waals surface area contributed by atoms with E-state index in [1.54, 1.807) is 0 Å². The van der Waals surface area contributed by atoms with E-state index in [0.29, 0.717) is 17.6 Å². The van der Waals surface area contributed by atoms with E-state index in [-0.39, 0.29) is 24.4 Å². The summed E-state index contributed by atoms with van der Waals surface area (Å²) >= 11 is 0. The van der Waals surface area contributed by atoms with Gasteiger partial charge >= 0.3 is 5.97 Å². The first-order valence-electron chi connectivity index (χ1n) is 9.02. The lowest BCUT2D eigenvalue weighted by Gasteiger charge is -2.34. The van der Waals surface area contributed by atoms with Gasteiger partial charge in [-0.15, -0.1) is 5.10 Å². The van der Waals surface area contributed by atoms with E-state index in [2.05, 4.69) is 34.2 Å². The number of nitrogens with zero attached hydrogens (tertiary/aromatic N) is 4. The van der Waals surface area contributed by atoms with Crippen molar-refractivity contribution < 1.29 is 14.3 Å². The van der Waals surface area contributed by atoms with Gasteiger partial charge in [-0.05, 0) is 38.2 Å². The van der Waals surface area contributed by atoms with Gasteiger partial charge < -0.3 is 10.1 Å². The molecular formula is C18H25N5O3. The van der Waals surface area contributed by atoms with Crippen LogP contribution in [0.15, 0.2) is 6.07 Å². The third kappa shape index (κ3) is 3.84. The summed E-state index contributed by atoms with van der Waals surface area (Å²) in [5, 5.41) is 7.08. The molecule has 0 unspecified atom stereocenters. The van der Waals surface area contributed by atoms with E-state index < -0.39 is 5.97 Å². The standard InChI is InChI=1S/C18H25N5O3/c1-10-6-5-7-14(13(10)4)20-15(24)9-26-17(25)16-21-18-19-11(2)8-12(3)23(18)22-16/h8,10,13-14H,5-7,9H2,1-4H3,(H,20,24)/t10-,13+,14-/m1/s1. The molecule has 1 amide bonds. The van der Waals surface area contributed by atoms with Crippen LogP contribution in [0.1, 0.15) is 55.1 Å². The molecule has 0 spiro atoms. The Morgan fingerprint density at radius 2 is 2.04 bits per heavy atom. The van der Waals surface area contributed by atoms with E-state index in [1.165, 1.54) is 10.9 Å². The highest BCUT2D eigenvalue weighted by Crippen LogP contribution is 2.29. The van der Waals surface area contributed by atoms with Gasteiger partial charge in [0.25, 0.3) is 17.5 Å². The van der Waals surface area contributed by atoms with Crippen molar-refractivity contribution in [2.24, 2.45) is 11.8 Å². The number of carbonyl (C=O) groups excluding carboxylic acids is 2. The third-order valence-electron chi connectivity index (χ3n) is 5.19. The van der Waals surface area contributed by atoms with Crippen molar-refractivity contribution in [3.8, 4) is 0 Å². The number of hydrogen-bond donors (Lipinski definition) is 1. The van der Waals surface area contributed by atoms with Crippen LogP contribution >= 0.6 is 0 Å². The highest BCUT2D eigenvalue weighted by Gasteiger charge is 2.28. The fourth-order valence-corrected chi connectivity index (χ4v) is 3.48. The second-order valence-corrected chi connectivity index (χ2v) is 7.20. The van der Waals surface area contributed by atoms with Crippen LogP contribution in [0, 0.1) is 25.7 Å². The van der Waals surface area contributed by atoms with Gasteiger partial charge in [-0.25, -0.2) is 14.3 Å². The Kier molecular flexibility index (Phi) is 5.20. The lowest BCUT2D eigenvalue weighted by Crippen LogP contribution is -2.45. The maximum atomic E-state index is 12.2. The first-order valence-corrected chi connectivity index (χ1v) is 9.02. The van der Waals surface area contributed by atoms with Crippen LogP contribution < -0.4 is 5.32 Å². The minimum Gasteiger partial charge on any atom is -0.450 e. The molecule has 26 heavy (non-hydrogen) atoms. The SMILES string of the molecule is Cc1cc(C)n2nc(C(=O)OCC(=O)N[C@@H]3CCC[C@@H](C)[C@@H]3C)nc2n1. The molecule has 0 radical (unpaired) electrons. The van der Waals surface area contributed by atoms with Crippen molar-refractivity contribution in [1.82, 2.24) is 24.9 Å². The second kappa shape index (κ2) is 7.39. The van der Waals surface area contributed by atoms with E-state index in [0.717, 1.165) is 24.2 Å². The molecule has 8 heteroatoms. The molecular weight excluding hydrogens is 334 g/mol. The highest BCUT2D eigenvalue weighted by molar-refractivity contribution is 5.88. The summed E-state index contributed by atoms with van der Waals surface area (Å²) in [6.07, 6.45) is 3.26. The minimum atomic E-state index is -0.729. The number of rotatable bonds is 4. The van der Waals surface area contributed by atoms with Crippen molar-refractivity contribution in [1.29, 1.82) is 0 Å². The van der Waals surface area contributed by atoms with Gasteiger partial charge in [-0.2, -0.15) is 4.98 Å². The van der Waals surface area contributed by atoms with Gasteiger partial charge in [-0.1, -0.05) is 26.7 Å². The van der Waals surface area contributed by atoms with Crippen LogP contribution in [0.25, 0.3) is 5.78 Å². The zero-order valence-electron chi connectivity index (χ0n) is 15.7. The van der Waals surface area contributed by atoms with Crippen molar-refractivity contribution in [3.63, 3.8) is 0 Å². The molecule has 1 aliphatic rings. The molecule has 3 rings (SSSR count). The zero-order valence-corrected chi connectivity index (χ0v) is 15.7. The predicted molar refractivity (Wildman–Crippen MR) is 94.6 cm³/mol. The molecule has 1 N–H and O–H groups in total. The van der Waals surface area contributed by atoms with Crippen LogP contribution in [0.2, 0.25) is 0 Å². The Morgan fingerprint density at radius 3 is 2.81 bits per heavy atom. The molecule has 1 fully saturated rings. The van der Waals surface area contributed by atoms with E-state index >= 15 is 0 Å². The maximum absolute atomic E-state index is 12.2. The summed E-state index contributed by atoms with van der Waals surface area (Å²) in [6, 6.07) is 1.98. The molecule has 1 saturated carbocycles. The summed E-state index contributed by atoms with van der Waals surface area (Å²) in [5.41, 5.74) is 1.61. The maximum Gasteiger partial charge on any atom is 0.378 e. The summed E-state index contributed by atoms with van der Waals surface area (Å²) < 4.78 is 6.56. The average Bonchev–Trinajstić information content (AvgIpc) is 3.01. The number of aryl methyl sites for hydroxylation is 2. The van der Waals surface area contributed by atoms with Crippen LogP contribution in [-0.2, 0) is 9.53 Å². The molecule has 0 bridgehead atoms. The molecule has 0 aliphatic heterocycles. The molecule has 140 valence electrons. The van der Waals surface area contributed by atoms with Crippen molar-refractivity contribution >= 4 is 17.7 Å². The first-order chi connectivity index (χ1) is 12.3. The van der Waals surface area contributed by atoms with E-state index in [9.17, 15) is 9.59 Å². The lowest BCUT2D eigenvalue weighted by atomic mass is 9.78. The average molecular weight is 359 g/mol. The monoisotopic (exact) mass is 359 g/mol. The molecule has 1 aliphatic carbocycles. The molecule has 2 heterocycles. The van der Waals surface area contributed by atoms with Gasteiger partial charge in [-0.3, -0.25) is 4.79 Å². The quantitative estimate of drug-likeness (QED) is 0.837. The zero-order chi connectivity index (χ0) is 18.8. The minimum absolute atomic E-state index is 0.0985. The van der Waals surface area contributed by atoms with Gasteiger partial charge in [0, 0.05) is 17.4 Å². The predicted octanol–water partition coefficient (Wildman–Crippen LogP) is 1.84. The summed E-state index contributed by atoms with van der Waals surface area (Å²) in [5.74, 6) is 0.215. The number of hydrogen-bond acceptors (Lipinski definition) is 6. The van der Waals surface area contributed by atoms with Crippen LogP contribution in [0.3, 0.4) is 0 Å². The molecule has 0 aromatic carbocycles. The number of esters is 1. The fraction of sp³-hybridized carbons (Fsp3) is 0.611. The largest absolute Gasteiger partial charge is 0.450 e. The van der Waals surface area contributed by atoms with Crippen molar-refractivity contribution in [3.05, 3.63) is 23.3 Å². The molecule has 3 atom stereocenters. The van der Waals surface area contributed by atoms with E-state index in [4.69, 9.17) is 4.74 Å². The lowest BCUT2D eigenvalue weighted by molar-refractivity contribution is -0.125. The summed E-state index contributed by atoms with van der Waals surface area (Å²) in [7, 11) is 0. The smallest absolute Gasteiger partial charge is 0.378 e. The Balaban J connectivity index is 1.58. The van der Waals surface area contributed by atoms with E-state index in [1.807, 2.05) is 19.9 Å². The first kappa shape index (κ1) is 18.3. The number of nitrogens with one attached hydrogen (secondary N) is 1. The Bertz CT molecular complexity index is 832. The number of fused-ring (bicyclic) bond motifs is 1. The van der Waals surface area contributed by atoms with Gasteiger partial charge in [0.05, 0.1) is 0 Å². The Labute approximate surface area is 152 Å². The fourth-order valence-electron chi connectivity index (χ4n) is 3.48. The second-order valence-electron chi connectivity index (χ2n) is 7.20. The molecule has 0 saturated heterocycles. The Hall–Kier alpha value is -2.51. The van der Waals surface area contributed by atoms with Gasteiger partial charge in [0.2, 0.25) is 0 Å². The van der Waals surface area contributed by atoms with Crippen molar-refractivity contribution in [2.75, 3.05) is 6.61 Å². The topological polar surface area (TPSA) is 98.5 Å². The van der Waals surface area contributed by atoms with Crippen LogP contribution in [0.4, 0.5) is 0 Å². The van der Waals surface area contributed by atoms with Crippen LogP contribution in [0.5, 0.6) is 0 Å². The van der Waals surface area contributed by atoms with Gasteiger partial charge in [0.1, 0.15) is 0 Å². The number of carbonyl (C=O) groups is 2. The Morgan fingerprint density at radius 1 is 1.27 bits per heavy atom. The molecule has 2 aromatic rings. The van der Waals surface area contributed by atoms with Gasteiger partial charge in [0.15, 0.2) is 6.61 Å². The normalized spacial score (nSPS) is 23.0. The summed E-state index contributed by atoms with van der Waals surface area (Å²) in [6.45, 7) is 7.72. The molecule has 8 nitrogen and oxygen atoms in total. The molecule has 2 aromatic heterocycles. The van der Waals surface area contributed by atoms with Crippen LogP contribution in [-0.4, -0.2) is 44.1 Å². The highest BCUT2D eigenvalue weighted by atomic mass is 16.5. The summed E-state index contributed by atoms with van der Waals surface area (Å²) in [4.78, 5) is 32.6.